The standard InChI is InChI=1S/C26H22/c1-4-11-19(12-5-1)22-17-10-18-23-25(21-15-8-3-9-16-21)24(26(22,23)25)20-13-6-2-7-14-20/h1-9,11-17,23-24H,10,18H2. The minimum atomic E-state index is 0.313. The monoisotopic (exact) mass is 334 g/mol. The van der Waals surface area contributed by atoms with E-state index >= 15 is 0 Å². The summed E-state index contributed by atoms with van der Waals surface area (Å²) in [5.41, 5.74) is 6.71. The fourth-order valence-corrected chi connectivity index (χ4v) is 6.48. The highest BCUT2D eigenvalue weighted by atomic mass is 15.0. The van der Waals surface area contributed by atoms with E-state index in [4.69, 9.17) is 0 Å². The van der Waals surface area contributed by atoms with Gasteiger partial charge in [-0.05, 0) is 41.0 Å². The van der Waals surface area contributed by atoms with Crippen LogP contribution in [-0.2, 0) is 5.41 Å². The predicted octanol–water partition coefficient (Wildman–Crippen LogP) is 6.22. The number of hydrogen-bond acceptors (Lipinski definition) is 0. The van der Waals surface area contributed by atoms with Crippen molar-refractivity contribution in [2.75, 3.05) is 0 Å². The maximum atomic E-state index is 2.54. The minimum Gasteiger partial charge on any atom is -0.0801 e. The van der Waals surface area contributed by atoms with Crippen molar-refractivity contribution in [1.82, 2.24) is 0 Å². The molecule has 2 fully saturated rings. The van der Waals surface area contributed by atoms with Gasteiger partial charge in [0.2, 0.25) is 0 Å². The van der Waals surface area contributed by atoms with Gasteiger partial charge in [0.05, 0.1) is 0 Å². The Hall–Kier alpha value is -2.60. The average Bonchev–Trinajstić information content (AvgIpc) is 3.55. The molecule has 0 heterocycles. The van der Waals surface area contributed by atoms with E-state index in [1.165, 1.54) is 24.0 Å². The molecule has 4 atom stereocenters. The quantitative estimate of drug-likeness (QED) is 0.534. The fourth-order valence-electron chi connectivity index (χ4n) is 6.48. The van der Waals surface area contributed by atoms with Crippen LogP contribution in [0.15, 0.2) is 97.1 Å². The average molecular weight is 334 g/mol. The maximum Gasteiger partial charge on any atom is 0.0177 e. The molecule has 0 amide bonds. The Morgan fingerprint density at radius 3 is 1.96 bits per heavy atom. The lowest BCUT2D eigenvalue weighted by Crippen LogP contribution is -2.18. The van der Waals surface area contributed by atoms with E-state index in [9.17, 15) is 0 Å². The largest absolute Gasteiger partial charge is 0.0801 e. The van der Waals surface area contributed by atoms with E-state index in [0.717, 1.165) is 5.92 Å². The molecule has 2 saturated carbocycles. The topological polar surface area (TPSA) is 0 Å². The van der Waals surface area contributed by atoms with Crippen molar-refractivity contribution in [3.05, 3.63) is 114 Å². The highest BCUT2D eigenvalue weighted by Crippen LogP contribution is 3.01. The molecular formula is C26H22. The van der Waals surface area contributed by atoms with Gasteiger partial charge in [0, 0.05) is 16.7 Å². The van der Waals surface area contributed by atoms with E-state index in [-0.39, 0.29) is 0 Å². The van der Waals surface area contributed by atoms with Crippen molar-refractivity contribution in [2.24, 2.45) is 11.3 Å². The molecule has 0 nitrogen and oxygen atoms in total. The van der Waals surface area contributed by atoms with Gasteiger partial charge in [-0.1, -0.05) is 97.1 Å². The predicted molar refractivity (Wildman–Crippen MR) is 107 cm³/mol. The van der Waals surface area contributed by atoms with Crippen molar-refractivity contribution in [3.8, 4) is 0 Å². The van der Waals surface area contributed by atoms with Crippen LogP contribution < -0.4 is 0 Å². The van der Waals surface area contributed by atoms with E-state index in [2.05, 4.69) is 97.1 Å². The van der Waals surface area contributed by atoms with Crippen molar-refractivity contribution < 1.29 is 0 Å². The summed E-state index contributed by atoms with van der Waals surface area (Å²) in [4.78, 5) is 0. The Morgan fingerprint density at radius 2 is 1.27 bits per heavy atom. The SMILES string of the molecule is C1=C(c2ccccc2)C23C(CC1)C2(c1ccccc1)C3c1ccccc1. The molecule has 3 aliphatic carbocycles. The zero-order valence-electron chi connectivity index (χ0n) is 14.8. The first-order chi connectivity index (χ1) is 12.9. The molecule has 0 saturated heterocycles. The second-order valence-corrected chi connectivity index (χ2v) is 8.06. The van der Waals surface area contributed by atoms with Gasteiger partial charge < -0.3 is 0 Å². The summed E-state index contributed by atoms with van der Waals surface area (Å²) < 4.78 is 0. The Labute approximate surface area is 155 Å². The number of benzene rings is 3. The summed E-state index contributed by atoms with van der Waals surface area (Å²) in [6.07, 6.45) is 5.08. The summed E-state index contributed by atoms with van der Waals surface area (Å²) in [5, 5.41) is 0. The lowest BCUT2D eigenvalue weighted by molar-refractivity contribution is 0.444. The third-order valence-electron chi connectivity index (χ3n) is 7.25. The van der Waals surface area contributed by atoms with Gasteiger partial charge in [0.1, 0.15) is 0 Å². The molecule has 3 aromatic carbocycles. The Balaban J connectivity index is 1.56. The lowest BCUT2D eigenvalue weighted by atomic mass is 9.75. The van der Waals surface area contributed by atoms with Gasteiger partial charge in [-0.15, -0.1) is 0 Å². The fraction of sp³-hybridized carbons (Fsp3) is 0.231. The molecule has 4 unspecified atom stereocenters. The van der Waals surface area contributed by atoms with Crippen molar-refractivity contribution in [2.45, 2.75) is 24.2 Å². The van der Waals surface area contributed by atoms with Crippen LogP contribution in [0, 0.1) is 11.3 Å². The van der Waals surface area contributed by atoms with Crippen LogP contribution in [0.4, 0.5) is 0 Å². The molecule has 26 heavy (non-hydrogen) atoms. The van der Waals surface area contributed by atoms with Crippen LogP contribution in [0.2, 0.25) is 0 Å². The highest BCUT2D eigenvalue weighted by Gasteiger charge is 2.98. The first-order valence-electron chi connectivity index (χ1n) is 9.78. The third-order valence-corrected chi connectivity index (χ3v) is 7.25. The Kier molecular flexibility index (Phi) is 2.79. The molecule has 0 radical (unpaired) electrons. The van der Waals surface area contributed by atoms with Crippen LogP contribution in [0.25, 0.3) is 5.57 Å². The molecule has 0 bridgehead atoms. The number of rotatable bonds is 3. The van der Waals surface area contributed by atoms with Gasteiger partial charge in [-0.2, -0.15) is 0 Å². The highest BCUT2D eigenvalue weighted by molar-refractivity contribution is 5.89. The van der Waals surface area contributed by atoms with Gasteiger partial charge in [-0.3, -0.25) is 0 Å². The summed E-state index contributed by atoms with van der Waals surface area (Å²) >= 11 is 0. The molecule has 0 N–H and O–H groups in total. The number of allylic oxidation sites excluding steroid dienone is 2. The van der Waals surface area contributed by atoms with Crippen LogP contribution in [0.5, 0.6) is 0 Å². The Bertz CT molecular complexity index is 986. The van der Waals surface area contributed by atoms with E-state index in [1.807, 2.05) is 0 Å². The van der Waals surface area contributed by atoms with E-state index in [1.54, 1.807) is 11.1 Å². The van der Waals surface area contributed by atoms with E-state index in [0.29, 0.717) is 16.7 Å². The van der Waals surface area contributed by atoms with Crippen LogP contribution in [0.1, 0.15) is 35.4 Å². The van der Waals surface area contributed by atoms with Crippen LogP contribution in [-0.4, -0.2) is 0 Å². The molecule has 0 aliphatic heterocycles. The lowest BCUT2D eigenvalue weighted by Gasteiger charge is -2.28. The van der Waals surface area contributed by atoms with Gasteiger partial charge >= 0.3 is 0 Å². The minimum absolute atomic E-state index is 0.313. The summed E-state index contributed by atoms with van der Waals surface area (Å²) in [7, 11) is 0. The normalized spacial score (nSPS) is 33.6. The van der Waals surface area contributed by atoms with Crippen molar-refractivity contribution in [1.29, 1.82) is 0 Å². The van der Waals surface area contributed by atoms with Gasteiger partial charge in [-0.25, -0.2) is 0 Å². The Morgan fingerprint density at radius 1 is 0.654 bits per heavy atom. The molecule has 1 spiro atoms. The summed E-state index contributed by atoms with van der Waals surface area (Å²) in [5.74, 6) is 1.41. The molecule has 0 heteroatoms. The number of fused-ring (bicyclic) bond motifs is 1. The molecular weight excluding hydrogens is 312 g/mol. The first-order valence-corrected chi connectivity index (χ1v) is 9.78. The van der Waals surface area contributed by atoms with Gasteiger partial charge in [0.25, 0.3) is 0 Å². The molecule has 3 aliphatic rings. The molecule has 3 aromatic rings. The van der Waals surface area contributed by atoms with E-state index < -0.39 is 0 Å². The third kappa shape index (κ3) is 1.53. The smallest absolute Gasteiger partial charge is 0.0177 e. The van der Waals surface area contributed by atoms with Crippen molar-refractivity contribution in [3.63, 3.8) is 0 Å². The first kappa shape index (κ1) is 14.6. The maximum absolute atomic E-state index is 2.54. The van der Waals surface area contributed by atoms with Gasteiger partial charge in [0.15, 0.2) is 0 Å². The second-order valence-electron chi connectivity index (χ2n) is 8.06. The molecule has 0 aromatic heterocycles. The van der Waals surface area contributed by atoms with Crippen LogP contribution >= 0.6 is 0 Å². The molecule has 6 rings (SSSR count). The van der Waals surface area contributed by atoms with Crippen molar-refractivity contribution >= 4 is 5.57 Å². The number of hydrogen-bond donors (Lipinski definition) is 0. The summed E-state index contributed by atoms with van der Waals surface area (Å²) in [6, 6.07) is 33.6. The molecule has 126 valence electrons. The zero-order chi connectivity index (χ0) is 17.2. The zero-order valence-corrected chi connectivity index (χ0v) is 14.8. The van der Waals surface area contributed by atoms with Crippen LogP contribution in [0.3, 0.4) is 0 Å². The summed E-state index contributed by atoms with van der Waals surface area (Å²) in [6.45, 7) is 0. The second kappa shape index (κ2) is 4.98.